The molecule has 1 aromatic rings. The van der Waals surface area contributed by atoms with Gasteiger partial charge in [-0.3, -0.25) is 4.99 Å². The number of hydrogen-bond acceptors (Lipinski definition) is 4. The summed E-state index contributed by atoms with van der Waals surface area (Å²) in [6.07, 6.45) is 2.18. The fourth-order valence-corrected chi connectivity index (χ4v) is 2.20. The van der Waals surface area contributed by atoms with Crippen LogP contribution in [-0.4, -0.2) is 50.8 Å². The fraction of sp³-hybridized carbons (Fsp3) is 0.571. The molecule has 0 amide bonds. The minimum Gasteiger partial charge on any atom is -0.375 e. The van der Waals surface area contributed by atoms with Crippen LogP contribution >= 0.6 is 0 Å². The maximum absolute atomic E-state index is 5.54. The number of guanidine groups is 1. The van der Waals surface area contributed by atoms with Gasteiger partial charge in [-0.25, -0.2) is 4.98 Å². The summed E-state index contributed by atoms with van der Waals surface area (Å²) in [7, 11) is 3.59. The van der Waals surface area contributed by atoms with Crippen LogP contribution in [-0.2, 0) is 11.3 Å². The number of nitrogens with one attached hydrogen (secondary N) is 2. The van der Waals surface area contributed by atoms with Crippen LogP contribution in [0.2, 0.25) is 0 Å². The van der Waals surface area contributed by atoms with E-state index in [0.29, 0.717) is 6.54 Å². The van der Waals surface area contributed by atoms with E-state index in [1.165, 1.54) is 0 Å². The Hall–Kier alpha value is -1.82. The number of anilines is 1. The molecule has 2 heterocycles. The summed E-state index contributed by atoms with van der Waals surface area (Å²) in [6, 6.07) is 4.16. The molecular formula is C14H23N5O. The van der Waals surface area contributed by atoms with Gasteiger partial charge in [0.25, 0.3) is 0 Å². The molecule has 2 rings (SSSR count). The number of morpholine rings is 1. The zero-order chi connectivity index (χ0) is 14.4. The van der Waals surface area contributed by atoms with Gasteiger partial charge in [0.1, 0.15) is 5.82 Å². The smallest absolute Gasteiger partial charge is 0.190 e. The maximum Gasteiger partial charge on any atom is 0.190 e. The Morgan fingerprint density at radius 1 is 1.55 bits per heavy atom. The number of aromatic nitrogens is 1. The van der Waals surface area contributed by atoms with Crippen molar-refractivity contribution in [2.75, 3.05) is 38.7 Å². The predicted octanol–water partition coefficient (Wildman–Crippen LogP) is 0.602. The van der Waals surface area contributed by atoms with Crippen molar-refractivity contribution < 1.29 is 4.74 Å². The molecule has 0 saturated carbocycles. The van der Waals surface area contributed by atoms with Crippen LogP contribution in [0.4, 0.5) is 5.82 Å². The first-order valence-electron chi connectivity index (χ1n) is 6.93. The second-order valence-corrected chi connectivity index (χ2v) is 4.83. The normalized spacial score (nSPS) is 19.9. The zero-order valence-corrected chi connectivity index (χ0v) is 12.4. The van der Waals surface area contributed by atoms with E-state index in [-0.39, 0.29) is 6.10 Å². The molecule has 1 aliphatic rings. The van der Waals surface area contributed by atoms with Crippen molar-refractivity contribution in [1.29, 1.82) is 0 Å². The number of ether oxygens (including phenoxy) is 1. The molecule has 0 radical (unpaired) electrons. The second kappa shape index (κ2) is 7.09. The Kier molecular flexibility index (Phi) is 5.17. The first kappa shape index (κ1) is 14.6. The molecule has 110 valence electrons. The number of hydrogen-bond donors (Lipinski definition) is 2. The fourth-order valence-electron chi connectivity index (χ4n) is 2.20. The molecule has 0 bridgehead atoms. The van der Waals surface area contributed by atoms with Crippen molar-refractivity contribution in [2.24, 2.45) is 4.99 Å². The van der Waals surface area contributed by atoms with Gasteiger partial charge in [0.15, 0.2) is 5.96 Å². The van der Waals surface area contributed by atoms with Gasteiger partial charge in [-0.2, -0.15) is 0 Å². The van der Waals surface area contributed by atoms with Crippen molar-refractivity contribution in [3.63, 3.8) is 0 Å². The molecule has 0 spiro atoms. The lowest BCUT2D eigenvalue weighted by Crippen LogP contribution is -2.41. The molecule has 6 nitrogen and oxygen atoms in total. The topological polar surface area (TPSA) is 61.8 Å². The molecule has 0 aliphatic carbocycles. The van der Waals surface area contributed by atoms with E-state index in [0.717, 1.165) is 37.0 Å². The Morgan fingerprint density at radius 2 is 2.40 bits per heavy atom. The molecule has 1 unspecified atom stereocenters. The summed E-state index contributed by atoms with van der Waals surface area (Å²) in [5.74, 6) is 1.79. The third-order valence-electron chi connectivity index (χ3n) is 3.29. The summed E-state index contributed by atoms with van der Waals surface area (Å²) >= 11 is 0. The van der Waals surface area contributed by atoms with Crippen molar-refractivity contribution in [3.05, 3.63) is 23.9 Å². The lowest BCUT2D eigenvalue weighted by molar-refractivity contribution is 0.0529. The van der Waals surface area contributed by atoms with E-state index in [1.54, 1.807) is 7.05 Å². The number of aliphatic imine (C=N–C) groups is 1. The molecular weight excluding hydrogens is 254 g/mol. The highest BCUT2D eigenvalue weighted by Crippen LogP contribution is 2.15. The Bertz CT molecular complexity index is 445. The highest BCUT2D eigenvalue weighted by Gasteiger charge is 2.17. The highest BCUT2D eigenvalue weighted by atomic mass is 16.5. The maximum atomic E-state index is 5.54. The molecule has 1 saturated heterocycles. The Balaban J connectivity index is 1.92. The van der Waals surface area contributed by atoms with Gasteiger partial charge in [-0.05, 0) is 18.6 Å². The van der Waals surface area contributed by atoms with E-state index >= 15 is 0 Å². The van der Waals surface area contributed by atoms with Gasteiger partial charge in [0, 0.05) is 39.9 Å². The number of pyridine rings is 1. The van der Waals surface area contributed by atoms with E-state index in [4.69, 9.17) is 4.74 Å². The van der Waals surface area contributed by atoms with Gasteiger partial charge in [0.2, 0.25) is 0 Å². The summed E-state index contributed by atoms with van der Waals surface area (Å²) in [5, 5.41) is 6.19. The second-order valence-electron chi connectivity index (χ2n) is 4.83. The minimum absolute atomic E-state index is 0.269. The van der Waals surface area contributed by atoms with Gasteiger partial charge in [-0.15, -0.1) is 0 Å². The van der Waals surface area contributed by atoms with Gasteiger partial charge < -0.3 is 20.3 Å². The average molecular weight is 277 g/mol. The average Bonchev–Trinajstić information content (AvgIpc) is 2.49. The summed E-state index contributed by atoms with van der Waals surface area (Å²) in [5.41, 5.74) is 1.13. The Labute approximate surface area is 120 Å². The SMILES string of the molecule is CN=C(NC)NCc1ccc(N2CCOC(C)C2)nc1. The summed E-state index contributed by atoms with van der Waals surface area (Å²) in [4.78, 5) is 10.9. The molecule has 6 heteroatoms. The lowest BCUT2D eigenvalue weighted by atomic mass is 10.2. The third-order valence-corrected chi connectivity index (χ3v) is 3.29. The largest absolute Gasteiger partial charge is 0.375 e. The van der Waals surface area contributed by atoms with Crippen LogP contribution in [0, 0.1) is 0 Å². The molecule has 20 heavy (non-hydrogen) atoms. The van der Waals surface area contributed by atoms with Crippen LogP contribution in [0.5, 0.6) is 0 Å². The molecule has 1 aliphatic heterocycles. The van der Waals surface area contributed by atoms with Gasteiger partial charge in [-0.1, -0.05) is 6.07 Å². The van der Waals surface area contributed by atoms with Crippen molar-refractivity contribution in [1.82, 2.24) is 15.6 Å². The predicted molar refractivity (Wildman–Crippen MR) is 81.1 cm³/mol. The van der Waals surface area contributed by atoms with Crippen LogP contribution in [0.15, 0.2) is 23.3 Å². The first-order valence-corrected chi connectivity index (χ1v) is 6.93. The van der Waals surface area contributed by atoms with E-state index in [1.807, 2.05) is 13.2 Å². The number of nitrogens with zero attached hydrogens (tertiary/aromatic N) is 3. The van der Waals surface area contributed by atoms with Crippen LogP contribution in [0.25, 0.3) is 0 Å². The molecule has 0 aromatic carbocycles. The molecule has 1 fully saturated rings. The van der Waals surface area contributed by atoms with Crippen LogP contribution in [0.1, 0.15) is 12.5 Å². The standard InChI is InChI=1S/C14H23N5O/c1-11-10-19(6-7-20-11)13-5-4-12(8-17-13)9-18-14(15-2)16-3/h4-5,8,11H,6-7,9-10H2,1-3H3,(H2,15,16,18). The van der Waals surface area contributed by atoms with E-state index < -0.39 is 0 Å². The molecule has 2 N–H and O–H groups in total. The van der Waals surface area contributed by atoms with Crippen molar-refractivity contribution >= 4 is 11.8 Å². The lowest BCUT2D eigenvalue weighted by Gasteiger charge is -2.32. The van der Waals surface area contributed by atoms with Crippen molar-refractivity contribution in [2.45, 2.75) is 19.6 Å². The number of rotatable bonds is 3. The summed E-state index contributed by atoms with van der Waals surface area (Å²) < 4.78 is 5.54. The van der Waals surface area contributed by atoms with Crippen LogP contribution in [0.3, 0.4) is 0 Å². The highest BCUT2D eigenvalue weighted by molar-refractivity contribution is 5.79. The first-order chi connectivity index (χ1) is 9.72. The quantitative estimate of drug-likeness (QED) is 0.626. The van der Waals surface area contributed by atoms with E-state index in [2.05, 4.69) is 44.6 Å². The molecule has 1 aromatic heterocycles. The molecule has 1 atom stereocenters. The summed E-state index contributed by atoms with van der Waals surface area (Å²) in [6.45, 7) is 5.37. The van der Waals surface area contributed by atoms with Gasteiger partial charge >= 0.3 is 0 Å². The van der Waals surface area contributed by atoms with Gasteiger partial charge in [0.05, 0.1) is 12.7 Å². The van der Waals surface area contributed by atoms with E-state index in [9.17, 15) is 0 Å². The Morgan fingerprint density at radius 3 is 3.00 bits per heavy atom. The van der Waals surface area contributed by atoms with Crippen LogP contribution < -0.4 is 15.5 Å². The van der Waals surface area contributed by atoms with Crippen molar-refractivity contribution in [3.8, 4) is 0 Å². The third kappa shape index (κ3) is 3.84. The minimum atomic E-state index is 0.269. The zero-order valence-electron chi connectivity index (χ0n) is 12.4. The monoisotopic (exact) mass is 277 g/mol.